The quantitative estimate of drug-likeness (QED) is 0.457. The highest BCUT2D eigenvalue weighted by molar-refractivity contribution is 5.91. The highest BCUT2D eigenvalue weighted by Crippen LogP contribution is 2.36. The molecule has 1 aliphatic heterocycles. The van der Waals surface area contributed by atoms with Gasteiger partial charge >= 0.3 is 11.9 Å². The lowest BCUT2D eigenvalue weighted by Crippen LogP contribution is -2.34. The van der Waals surface area contributed by atoms with Crippen LogP contribution in [0.2, 0.25) is 0 Å². The number of ether oxygens (including phenoxy) is 2. The fourth-order valence-electron chi connectivity index (χ4n) is 3.11. The minimum atomic E-state index is -0.784. The van der Waals surface area contributed by atoms with Crippen molar-refractivity contribution in [3.8, 4) is 0 Å². The van der Waals surface area contributed by atoms with Crippen molar-refractivity contribution in [3.05, 3.63) is 47.6 Å². The van der Waals surface area contributed by atoms with E-state index in [1.54, 1.807) is 12.2 Å². The molecule has 0 amide bonds. The average Bonchev–Trinajstić information content (AvgIpc) is 2.79. The zero-order chi connectivity index (χ0) is 18.7. The molecule has 0 aromatic carbocycles. The summed E-state index contributed by atoms with van der Waals surface area (Å²) in [7, 11) is 0. The standard InChI is InChI=1S/C19H24O6/c1-10(2)18(22)24-16-8-13(9-20)7-14(21)5-11(3)6-15-17(16)12(4)19(23)25-15/h6-7,14-17,20-21H,1,4-5,8-9H2,2-3H3/b11-6-,13-7+/t14-,15+,16+,17-/m1/s1. The molecule has 4 atom stereocenters. The second kappa shape index (κ2) is 7.80. The SMILES string of the molecule is C=C(C)C(=O)O[C@H]1C/C(CO)=C\[C@H](O)C/C(C)=C\[C@@H]2OC(=O)C(=C)[C@H]21. The molecule has 0 spiro atoms. The van der Waals surface area contributed by atoms with Crippen LogP contribution in [0.4, 0.5) is 0 Å². The number of esters is 2. The molecule has 136 valence electrons. The number of hydrogen-bond donors (Lipinski definition) is 2. The van der Waals surface area contributed by atoms with Crippen LogP contribution in [-0.4, -0.2) is 47.1 Å². The van der Waals surface area contributed by atoms with Gasteiger partial charge in [0.1, 0.15) is 12.2 Å². The number of aliphatic hydroxyl groups is 2. The molecule has 6 nitrogen and oxygen atoms in total. The molecule has 1 aliphatic carbocycles. The monoisotopic (exact) mass is 348 g/mol. The first-order valence-corrected chi connectivity index (χ1v) is 8.15. The summed E-state index contributed by atoms with van der Waals surface area (Å²) < 4.78 is 10.9. The Labute approximate surface area is 147 Å². The van der Waals surface area contributed by atoms with Crippen LogP contribution in [0.5, 0.6) is 0 Å². The van der Waals surface area contributed by atoms with Gasteiger partial charge in [-0.1, -0.05) is 24.8 Å². The van der Waals surface area contributed by atoms with Crippen LogP contribution in [0.1, 0.15) is 26.7 Å². The van der Waals surface area contributed by atoms with Crippen LogP contribution in [0.25, 0.3) is 0 Å². The largest absolute Gasteiger partial charge is 0.458 e. The topological polar surface area (TPSA) is 93.1 Å². The fourth-order valence-corrected chi connectivity index (χ4v) is 3.11. The number of hydrogen-bond acceptors (Lipinski definition) is 6. The van der Waals surface area contributed by atoms with E-state index < -0.39 is 36.2 Å². The molecule has 0 aromatic rings. The molecule has 2 aliphatic rings. The van der Waals surface area contributed by atoms with Gasteiger partial charge in [-0.15, -0.1) is 0 Å². The third kappa shape index (κ3) is 4.46. The van der Waals surface area contributed by atoms with E-state index in [0.29, 0.717) is 12.0 Å². The highest BCUT2D eigenvalue weighted by Gasteiger charge is 2.44. The third-order valence-corrected chi connectivity index (χ3v) is 4.34. The molecule has 25 heavy (non-hydrogen) atoms. The predicted molar refractivity (Wildman–Crippen MR) is 91.4 cm³/mol. The molecule has 0 aromatic heterocycles. The molecule has 1 saturated heterocycles. The lowest BCUT2D eigenvalue weighted by molar-refractivity contribution is -0.147. The Kier molecular flexibility index (Phi) is 5.98. The Hall–Kier alpha value is -2.18. The molecule has 1 heterocycles. The Bertz CT molecular complexity index is 657. The number of aliphatic hydroxyl groups excluding tert-OH is 2. The summed E-state index contributed by atoms with van der Waals surface area (Å²) in [6, 6.07) is 0. The molecule has 2 N–H and O–H groups in total. The summed E-state index contributed by atoms with van der Waals surface area (Å²) in [6.07, 6.45) is 1.65. The van der Waals surface area contributed by atoms with Crippen LogP contribution in [0.15, 0.2) is 47.6 Å². The second-order valence-electron chi connectivity index (χ2n) is 6.62. The zero-order valence-corrected chi connectivity index (χ0v) is 14.5. The van der Waals surface area contributed by atoms with Gasteiger partial charge in [0.25, 0.3) is 0 Å². The fraction of sp³-hybridized carbons (Fsp3) is 0.474. The predicted octanol–water partition coefficient (Wildman–Crippen LogP) is 1.59. The van der Waals surface area contributed by atoms with Crippen LogP contribution in [0.3, 0.4) is 0 Å². The maximum Gasteiger partial charge on any atom is 0.334 e. The lowest BCUT2D eigenvalue weighted by atomic mass is 9.85. The van der Waals surface area contributed by atoms with Gasteiger partial charge in [0.15, 0.2) is 0 Å². The van der Waals surface area contributed by atoms with E-state index in [1.165, 1.54) is 6.92 Å². The maximum atomic E-state index is 12.0. The van der Waals surface area contributed by atoms with E-state index in [9.17, 15) is 19.8 Å². The van der Waals surface area contributed by atoms with Crippen LogP contribution in [-0.2, 0) is 19.1 Å². The van der Waals surface area contributed by atoms with Crippen LogP contribution >= 0.6 is 0 Å². The number of rotatable bonds is 3. The van der Waals surface area contributed by atoms with Crippen LogP contribution < -0.4 is 0 Å². The van der Waals surface area contributed by atoms with Gasteiger partial charge in [-0.3, -0.25) is 0 Å². The summed E-state index contributed by atoms with van der Waals surface area (Å²) in [5.74, 6) is -1.69. The Morgan fingerprint density at radius 1 is 1.40 bits per heavy atom. The molecule has 2 rings (SSSR count). The van der Waals surface area contributed by atoms with E-state index >= 15 is 0 Å². The Balaban J connectivity index is 2.45. The molecule has 6 heteroatoms. The van der Waals surface area contributed by atoms with Crippen molar-refractivity contribution in [1.82, 2.24) is 0 Å². The minimum absolute atomic E-state index is 0.163. The van der Waals surface area contributed by atoms with Gasteiger partial charge in [0.2, 0.25) is 0 Å². The second-order valence-corrected chi connectivity index (χ2v) is 6.62. The summed E-state index contributed by atoms with van der Waals surface area (Å²) >= 11 is 0. The highest BCUT2D eigenvalue weighted by atomic mass is 16.6. The number of carbonyl (C=O) groups is 2. The van der Waals surface area contributed by atoms with Crippen molar-refractivity contribution in [3.63, 3.8) is 0 Å². The van der Waals surface area contributed by atoms with Gasteiger partial charge in [-0.05, 0) is 31.9 Å². The van der Waals surface area contributed by atoms with Gasteiger partial charge in [0, 0.05) is 17.6 Å². The van der Waals surface area contributed by atoms with Crippen molar-refractivity contribution < 1.29 is 29.3 Å². The summed E-state index contributed by atoms with van der Waals surface area (Å²) in [5, 5.41) is 19.7. The van der Waals surface area contributed by atoms with Gasteiger partial charge in [0.05, 0.1) is 18.6 Å². The molecule has 0 saturated carbocycles. The Morgan fingerprint density at radius 2 is 2.08 bits per heavy atom. The van der Waals surface area contributed by atoms with Gasteiger partial charge in [-0.25, -0.2) is 9.59 Å². The summed E-state index contributed by atoms with van der Waals surface area (Å²) in [4.78, 5) is 24.0. The van der Waals surface area contributed by atoms with Crippen molar-refractivity contribution >= 4 is 11.9 Å². The van der Waals surface area contributed by atoms with E-state index in [-0.39, 0.29) is 24.2 Å². The smallest absolute Gasteiger partial charge is 0.334 e. The molecular weight excluding hydrogens is 324 g/mol. The minimum Gasteiger partial charge on any atom is -0.458 e. The van der Waals surface area contributed by atoms with E-state index in [4.69, 9.17) is 9.47 Å². The van der Waals surface area contributed by atoms with Crippen molar-refractivity contribution in [2.24, 2.45) is 5.92 Å². The third-order valence-electron chi connectivity index (χ3n) is 4.34. The average molecular weight is 348 g/mol. The van der Waals surface area contributed by atoms with E-state index in [1.807, 2.05) is 6.92 Å². The first-order chi connectivity index (χ1) is 11.7. The maximum absolute atomic E-state index is 12.0. The number of carbonyl (C=O) groups excluding carboxylic acids is 2. The molecule has 1 fully saturated rings. The first kappa shape index (κ1) is 19.1. The first-order valence-electron chi connectivity index (χ1n) is 8.15. The van der Waals surface area contributed by atoms with Crippen molar-refractivity contribution in [2.45, 2.75) is 45.0 Å². The number of fused-ring (bicyclic) bond motifs is 1. The molecule has 0 unspecified atom stereocenters. The molecule has 0 radical (unpaired) electrons. The lowest BCUT2D eigenvalue weighted by Gasteiger charge is -2.28. The van der Waals surface area contributed by atoms with Crippen molar-refractivity contribution in [1.29, 1.82) is 0 Å². The Morgan fingerprint density at radius 3 is 2.68 bits per heavy atom. The molecule has 0 bridgehead atoms. The van der Waals surface area contributed by atoms with Gasteiger partial charge < -0.3 is 19.7 Å². The van der Waals surface area contributed by atoms with Crippen LogP contribution in [0, 0.1) is 5.92 Å². The molecular formula is C19H24O6. The van der Waals surface area contributed by atoms with Gasteiger partial charge in [-0.2, -0.15) is 0 Å². The van der Waals surface area contributed by atoms with E-state index in [2.05, 4.69) is 13.2 Å². The summed E-state index contributed by atoms with van der Waals surface area (Å²) in [6.45, 7) is 10.4. The van der Waals surface area contributed by atoms with E-state index in [0.717, 1.165) is 5.57 Å². The summed E-state index contributed by atoms with van der Waals surface area (Å²) in [5.41, 5.74) is 1.80. The van der Waals surface area contributed by atoms with Crippen molar-refractivity contribution in [2.75, 3.05) is 6.61 Å². The zero-order valence-electron chi connectivity index (χ0n) is 14.5. The normalized spacial score (nSPS) is 34.1.